The lowest BCUT2D eigenvalue weighted by atomic mass is 10.1. The van der Waals surface area contributed by atoms with Gasteiger partial charge in [0.2, 0.25) is 0 Å². The molecule has 4 rings (SSSR count). The van der Waals surface area contributed by atoms with E-state index in [9.17, 15) is 0 Å². The van der Waals surface area contributed by atoms with E-state index in [-0.39, 0.29) is 0 Å². The second kappa shape index (κ2) is 10.8. The highest BCUT2D eigenvalue weighted by Gasteiger charge is 2.28. The molecule has 0 aliphatic carbocycles. The van der Waals surface area contributed by atoms with Crippen LogP contribution >= 0.6 is 0 Å². The molecule has 1 aliphatic heterocycles. The largest absolute Gasteiger partial charge is 0.497 e. The van der Waals surface area contributed by atoms with Gasteiger partial charge in [-0.25, -0.2) is 4.98 Å². The average Bonchev–Trinajstić information content (AvgIpc) is 3.20. The van der Waals surface area contributed by atoms with Crippen LogP contribution in [0.3, 0.4) is 0 Å². The summed E-state index contributed by atoms with van der Waals surface area (Å²) in [6, 6.07) is 15.6. The SMILES string of the molecule is CN/C=C(\C=N)c1cnc2c(c1)NC(N)N2Cc1ccc(OCc2ccc(OC)cc2)c(OC)c1. The van der Waals surface area contributed by atoms with Crippen molar-refractivity contribution in [2.75, 3.05) is 31.5 Å². The molecule has 1 unspecified atom stereocenters. The molecule has 0 saturated heterocycles. The van der Waals surface area contributed by atoms with Gasteiger partial charge in [0, 0.05) is 43.3 Å². The number of anilines is 2. The van der Waals surface area contributed by atoms with Crippen LogP contribution < -0.4 is 35.5 Å². The molecule has 182 valence electrons. The first-order valence-electron chi connectivity index (χ1n) is 11.2. The van der Waals surface area contributed by atoms with Crippen molar-refractivity contribution >= 4 is 23.3 Å². The maximum atomic E-state index is 7.63. The summed E-state index contributed by atoms with van der Waals surface area (Å²) in [5.41, 5.74) is 10.8. The topological polar surface area (TPSA) is 118 Å². The minimum atomic E-state index is -0.429. The third kappa shape index (κ3) is 5.30. The Bertz CT molecular complexity index is 1210. The summed E-state index contributed by atoms with van der Waals surface area (Å²) < 4.78 is 16.8. The number of benzene rings is 2. The second-order valence-electron chi connectivity index (χ2n) is 7.97. The predicted octanol–water partition coefficient (Wildman–Crippen LogP) is 3.56. The third-order valence-corrected chi connectivity index (χ3v) is 5.70. The van der Waals surface area contributed by atoms with E-state index in [4.69, 9.17) is 25.4 Å². The maximum absolute atomic E-state index is 7.63. The number of nitrogens with one attached hydrogen (secondary N) is 3. The van der Waals surface area contributed by atoms with Gasteiger partial charge in [-0.05, 0) is 41.5 Å². The molecule has 2 heterocycles. The number of hydrogen-bond acceptors (Lipinski definition) is 9. The molecule has 0 fully saturated rings. The molecule has 1 aliphatic rings. The molecule has 0 radical (unpaired) electrons. The Kier molecular flexibility index (Phi) is 7.37. The van der Waals surface area contributed by atoms with E-state index >= 15 is 0 Å². The number of hydrogen-bond donors (Lipinski definition) is 4. The van der Waals surface area contributed by atoms with Crippen molar-refractivity contribution in [2.45, 2.75) is 19.4 Å². The lowest BCUT2D eigenvalue weighted by molar-refractivity contribution is 0.284. The van der Waals surface area contributed by atoms with Gasteiger partial charge in [-0.15, -0.1) is 0 Å². The molecule has 0 bridgehead atoms. The van der Waals surface area contributed by atoms with Gasteiger partial charge in [-0.1, -0.05) is 18.2 Å². The Balaban J connectivity index is 1.48. The Morgan fingerprint density at radius 3 is 2.57 bits per heavy atom. The van der Waals surface area contributed by atoms with Gasteiger partial charge in [-0.2, -0.15) is 0 Å². The first-order valence-corrected chi connectivity index (χ1v) is 11.2. The van der Waals surface area contributed by atoms with Crippen molar-refractivity contribution in [3.8, 4) is 17.2 Å². The molecule has 5 N–H and O–H groups in total. The van der Waals surface area contributed by atoms with Crippen LogP contribution in [-0.2, 0) is 13.2 Å². The molecule has 0 spiro atoms. The Morgan fingerprint density at radius 1 is 1.11 bits per heavy atom. The molecule has 9 heteroatoms. The lowest BCUT2D eigenvalue weighted by Crippen LogP contribution is -2.42. The number of nitrogens with zero attached hydrogens (tertiary/aromatic N) is 2. The zero-order valence-corrected chi connectivity index (χ0v) is 20.0. The highest BCUT2D eigenvalue weighted by molar-refractivity contribution is 6.08. The van der Waals surface area contributed by atoms with Crippen molar-refractivity contribution in [2.24, 2.45) is 5.73 Å². The lowest BCUT2D eigenvalue weighted by Gasteiger charge is -2.23. The van der Waals surface area contributed by atoms with Crippen LogP contribution in [0.5, 0.6) is 17.2 Å². The van der Waals surface area contributed by atoms with Gasteiger partial charge in [0.25, 0.3) is 0 Å². The van der Waals surface area contributed by atoms with Crippen LogP contribution in [0.15, 0.2) is 60.9 Å². The van der Waals surface area contributed by atoms with Crippen molar-refractivity contribution in [1.29, 1.82) is 5.41 Å². The number of aromatic nitrogens is 1. The fourth-order valence-electron chi connectivity index (χ4n) is 3.87. The Hall–Kier alpha value is -4.24. The van der Waals surface area contributed by atoms with Gasteiger partial charge in [0.1, 0.15) is 12.4 Å². The molecule has 2 aromatic carbocycles. The summed E-state index contributed by atoms with van der Waals surface area (Å²) in [6.07, 6.45) is 4.36. The van der Waals surface area contributed by atoms with E-state index in [1.807, 2.05) is 53.4 Å². The summed E-state index contributed by atoms with van der Waals surface area (Å²) in [6.45, 7) is 0.951. The molecular formula is C26H30N6O3. The number of ether oxygens (including phenoxy) is 3. The minimum absolute atomic E-state index is 0.417. The van der Waals surface area contributed by atoms with Crippen LogP contribution in [0.25, 0.3) is 5.57 Å². The van der Waals surface area contributed by atoms with E-state index < -0.39 is 6.29 Å². The molecule has 35 heavy (non-hydrogen) atoms. The second-order valence-corrected chi connectivity index (χ2v) is 7.97. The normalized spacial score (nSPS) is 14.7. The number of nitrogens with two attached hydrogens (primary N) is 1. The van der Waals surface area contributed by atoms with Gasteiger partial charge < -0.3 is 35.2 Å². The fourth-order valence-corrected chi connectivity index (χ4v) is 3.87. The van der Waals surface area contributed by atoms with Crippen LogP contribution in [0.4, 0.5) is 11.5 Å². The summed E-state index contributed by atoms with van der Waals surface area (Å²) in [5, 5.41) is 13.9. The van der Waals surface area contributed by atoms with E-state index in [2.05, 4.69) is 15.6 Å². The third-order valence-electron chi connectivity index (χ3n) is 5.70. The van der Waals surface area contributed by atoms with Gasteiger partial charge in [0.05, 0.1) is 19.9 Å². The quantitative estimate of drug-likeness (QED) is 0.330. The van der Waals surface area contributed by atoms with Crippen LogP contribution in [-0.4, -0.2) is 38.8 Å². The molecule has 0 amide bonds. The molecule has 1 aromatic heterocycles. The minimum Gasteiger partial charge on any atom is -0.497 e. The first-order chi connectivity index (χ1) is 17.1. The van der Waals surface area contributed by atoms with Crippen molar-refractivity contribution < 1.29 is 14.2 Å². The molecule has 0 saturated carbocycles. The number of methoxy groups -OCH3 is 2. The Labute approximate surface area is 205 Å². The monoisotopic (exact) mass is 474 g/mol. The van der Waals surface area contributed by atoms with E-state index in [0.717, 1.165) is 39.5 Å². The van der Waals surface area contributed by atoms with Gasteiger partial charge >= 0.3 is 0 Å². The summed E-state index contributed by atoms with van der Waals surface area (Å²) in [7, 11) is 5.07. The summed E-state index contributed by atoms with van der Waals surface area (Å²) in [5.74, 6) is 2.87. The number of fused-ring (bicyclic) bond motifs is 1. The van der Waals surface area contributed by atoms with Crippen molar-refractivity contribution in [1.82, 2.24) is 10.3 Å². The summed E-state index contributed by atoms with van der Waals surface area (Å²) >= 11 is 0. The molecule has 9 nitrogen and oxygen atoms in total. The van der Waals surface area contributed by atoms with Crippen LogP contribution in [0.1, 0.15) is 16.7 Å². The smallest absolute Gasteiger partial charge is 0.161 e. The van der Waals surface area contributed by atoms with Crippen LogP contribution in [0.2, 0.25) is 0 Å². The van der Waals surface area contributed by atoms with E-state index in [1.165, 1.54) is 6.21 Å². The number of rotatable bonds is 10. The summed E-state index contributed by atoms with van der Waals surface area (Å²) in [4.78, 5) is 6.60. The zero-order chi connectivity index (χ0) is 24.8. The Morgan fingerprint density at radius 2 is 1.89 bits per heavy atom. The predicted molar refractivity (Wildman–Crippen MR) is 138 cm³/mol. The average molecular weight is 475 g/mol. The van der Waals surface area contributed by atoms with E-state index in [0.29, 0.717) is 24.7 Å². The standard InChI is InChI=1S/C26H30N6O3/c1-29-13-20(12-27)19-11-22-25(30-14-19)32(26(28)31-22)15-18-6-9-23(24(10-18)34-3)35-16-17-4-7-21(33-2)8-5-17/h4-14,26-27,29,31H,15-16,28H2,1-3H3/b20-13+,27-12?. The fraction of sp³-hybridized carbons (Fsp3) is 0.231. The molecule has 1 atom stereocenters. The van der Waals surface area contributed by atoms with Gasteiger partial charge in [-0.3, -0.25) is 5.73 Å². The first kappa shape index (κ1) is 23.9. The van der Waals surface area contributed by atoms with E-state index in [1.54, 1.807) is 33.7 Å². The van der Waals surface area contributed by atoms with Crippen LogP contribution in [0, 0.1) is 5.41 Å². The molecule has 3 aromatic rings. The van der Waals surface area contributed by atoms with Gasteiger partial charge in [0.15, 0.2) is 23.6 Å². The highest BCUT2D eigenvalue weighted by Crippen LogP contribution is 2.35. The highest BCUT2D eigenvalue weighted by atomic mass is 16.5. The van der Waals surface area contributed by atoms with Crippen molar-refractivity contribution in [3.05, 3.63) is 77.6 Å². The number of allylic oxidation sites excluding steroid dienone is 1. The zero-order valence-electron chi connectivity index (χ0n) is 20.0. The number of pyridine rings is 1. The molecular weight excluding hydrogens is 444 g/mol. The maximum Gasteiger partial charge on any atom is 0.161 e. The van der Waals surface area contributed by atoms with Crippen molar-refractivity contribution in [3.63, 3.8) is 0 Å².